The van der Waals surface area contributed by atoms with E-state index in [0.717, 1.165) is 11.1 Å². The van der Waals surface area contributed by atoms with Gasteiger partial charge in [-0.05, 0) is 11.1 Å². The van der Waals surface area contributed by atoms with Gasteiger partial charge >= 0.3 is 29.6 Å². The third-order valence-corrected chi connectivity index (χ3v) is 1.44. The third kappa shape index (κ3) is 2.66. The fourth-order valence-corrected chi connectivity index (χ4v) is 0.883. The van der Waals surface area contributed by atoms with Crippen LogP contribution >= 0.6 is 0 Å². The zero-order valence-corrected chi connectivity index (χ0v) is 8.88. The van der Waals surface area contributed by atoms with E-state index in [2.05, 4.69) is 13.2 Å². The van der Waals surface area contributed by atoms with Crippen molar-refractivity contribution in [3.8, 4) is 0 Å². The normalized spacial score (nSPS) is 8.00. The number of rotatable bonds is 2. The zero-order chi connectivity index (χ0) is 7.40. The first-order chi connectivity index (χ1) is 4.88. The Morgan fingerprint density at radius 1 is 1.00 bits per heavy atom. The van der Waals surface area contributed by atoms with Gasteiger partial charge in [0.25, 0.3) is 0 Å². The second-order valence-corrected chi connectivity index (χ2v) is 2.04. The Balaban J connectivity index is 0. The summed E-state index contributed by atoms with van der Waals surface area (Å²) in [4.78, 5) is 0. The molecule has 0 saturated heterocycles. The maximum atomic E-state index is 3.69. The molecule has 0 aromatic heterocycles. The van der Waals surface area contributed by atoms with Gasteiger partial charge in [0.05, 0.1) is 0 Å². The van der Waals surface area contributed by atoms with Crippen LogP contribution in [0.25, 0.3) is 12.2 Å². The van der Waals surface area contributed by atoms with Crippen LogP contribution in [0, 0.1) is 0 Å². The van der Waals surface area contributed by atoms with Crippen molar-refractivity contribution in [1.82, 2.24) is 0 Å². The molecule has 0 fully saturated rings. The molecule has 52 valence electrons. The molecule has 11 heavy (non-hydrogen) atoms. The second-order valence-electron chi connectivity index (χ2n) is 2.04. The van der Waals surface area contributed by atoms with Crippen molar-refractivity contribution in [1.29, 1.82) is 0 Å². The molecule has 0 nitrogen and oxygen atoms in total. The molecule has 0 unspecified atom stereocenters. The van der Waals surface area contributed by atoms with E-state index >= 15 is 0 Å². The summed E-state index contributed by atoms with van der Waals surface area (Å²) in [5, 5.41) is 0. The van der Waals surface area contributed by atoms with Crippen molar-refractivity contribution < 1.29 is 31.0 Å². The van der Waals surface area contributed by atoms with Crippen LogP contribution in [0.1, 0.15) is 12.6 Å². The molecule has 0 aliphatic carbocycles. The summed E-state index contributed by atoms with van der Waals surface area (Å²) >= 11 is 0. The van der Waals surface area contributed by atoms with Crippen molar-refractivity contribution in [2.75, 3.05) is 0 Å². The quantitative estimate of drug-likeness (QED) is 0.530. The molecule has 0 atom stereocenters. The Morgan fingerprint density at radius 2 is 1.36 bits per heavy atom. The van der Waals surface area contributed by atoms with E-state index in [1.807, 2.05) is 36.4 Å². The van der Waals surface area contributed by atoms with Crippen molar-refractivity contribution in [2.24, 2.45) is 0 Å². The average molecular weight is 154 g/mol. The van der Waals surface area contributed by atoms with Gasteiger partial charge in [0, 0.05) is 0 Å². The SMILES string of the molecule is C=Cc1ccccc1C=C.[H-].[Na+]. The molecule has 0 aliphatic heterocycles. The first-order valence-electron chi connectivity index (χ1n) is 3.22. The van der Waals surface area contributed by atoms with Gasteiger partial charge < -0.3 is 1.43 Å². The van der Waals surface area contributed by atoms with Crippen LogP contribution in [-0.4, -0.2) is 0 Å². The topological polar surface area (TPSA) is 0 Å². The maximum absolute atomic E-state index is 3.69. The maximum Gasteiger partial charge on any atom is 1.00 e. The monoisotopic (exact) mass is 154 g/mol. The second kappa shape index (κ2) is 5.36. The summed E-state index contributed by atoms with van der Waals surface area (Å²) in [5.74, 6) is 0. The van der Waals surface area contributed by atoms with Gasteiger partial charge in [-0.1, -0.05) is 49.6 Å². The first-order valence-corrected chi connectivity index (χ1v) is 3.22. The third-order valence-electron chi connectivity index (χ3n) is 1.44. The minimum atomic E-state index is 0. The van der Waals surface area contributed by atoms with Crippen LogP contribution in [-0.2, 0) is 0 Å². The minimum Gasteiger partial charge on any atom is -1.00 e. The van der Waals surface area contributed by atoms with Crippen LogP contribution in [0.3, 0.4) is 0 Å². The van der Waals surface area contributed by atoms with Crippen LogP contribution < -0.4 is 29.6 Å². The Bertz CT molecular complexity index is 229. The Hall–Kier alpha value is -0.300. The Morgan fingerprint density at radius 3 is 1.64 bits per heavy atom. The molecule has 1 rings (SSSR count). The smallest absolute Gasteiger partial charge is 1.00 e. The first kappa shape index (κ1) is 10.7. The summed E-state index contributed by atoms with van der Waals surface area (Å²) in [6, 6.07) is 8.02. The predicted molar refractivity (Wildman–Crippen MR) is 47.7 cm³/mol. The van der Waals surface area contributed by atoms with E-state index in [-0.39, 0.29) is 31.0 Å². The number of benzene rings is 1. The molecule has 1 aromatic carbocycles. The molecule has 1 aromatic rings. The summed E-state index contributed by atoms with van der Waals surface area (Å²) in [7, 11) is 0. The Kier molecular flexibility index (Phi) is 5.22. The van der Waals surface area contributed by atoms with E-state index in [1.54, 1.807) is 0 Å². The number of hydrogen-bond donors (Lipinski definition) is 0. The standard InChI is InChI=1S/C10H10.Na.H/c1-3-9-7-5-6-8-10(9)4-2;;/h3-8H,1-2H2;;/q;+1;-1. The average Bonchev–Trinajstić information content (AvgIpc) is 2.04. The summed E-state index contributed by atoms with van der Waals surface area (Å²) < 4.78 is 0. The molecule has 1 heteroatoms. The molecule has 0 N–H and O–H groups in total. The van der Waals surface area contributed by atoms with E-state index < -0.39 is 0 Å². The molecule has 0 radical (unpaired) electrons. The fourth-order valence-electron chi connectivity index (χ4n) is 0.883. The van der Waals surface area contributed by atoms with Gasteiger partial charge in [0.2, 0.25) is 0 Å². The molecular weight excluding hydrogens is 143 g/mol. The van der Waals surface area contributed by atoms with Gasteiger partial charge in [0.15, 0.2) is 0 Å². The van der Waals surface area contributed by atoms with Crippen molar-refractivity contribution in [3.05, 3.63) is 48.6 Å². The minimum absolute atomic E-state index is 0. The van der Waals surface area contributed by atoms with Crippen LogP contribution in [0.5, 0.6) is 0 Å². The van der Waals surface area contributed by atoms with Gasteiger partial charge in [-0.3, -0.25) is 0 Å². The van der Waals surface area contributed by atoms with Crippen molar-refractivity contribution in [2.45, 2.75) is 0 Å². The summed E-state index contributed by atoms with van der Waals surface area (Å²) in [6.07, 6.45) is 3.66. The summed E-state index contributed by atoms with van der Waals surface area (Å²) in [5.41, 5.74) is 2.27. The zero-order valence-electron chi connectivity index (χ0n) is 7.88. The van der Waals surface area contributed by atoms with Gasteiger partial charge in [-0.25, -0.2) is 0 Å². The predicted octanol–water partition coefficient (Wildman–Crippen LogP) is 0.0891. The van der Waals surface area contributed by atoms with E-state index in [0.29, 0.717) is 0 Å². The molecule has 0 heterocycles. The summed E-state index contributed by atoms with van der Waals surface area (Å²) in [6.45, 7) is 7.38. The Labute approximate surface area is 91.4 Å². The fraction of sp³-hybridized carbons (Fsp3) is 0. The molecular formula is C10H11Na. The van der Waals surface area contributed by atoms with E-state index in [9.17, 15) is 0 Å². The van der Waals surface area contributed by atoms with Gasteiger partial charge in [0.1, 0.15) is 0 Å². The molecule has 0 bridgehead atoms. The van der Waals surface area contributed by atoms with Crippen LogP contribution in [0.2, 0.25) is 0 Å². The molecule has 0 saturated carbocycles. The van der Waals surface area contributed by atoms with E-state index in [4.69, 9.17) is 0 Å². The van der Waals surface area contributed by atoms with Crippen LogP contribution in [0.4, 0.5) is 0 Å². The van der Waals surface area contributed by atoms with Crippen molar-refractivity contribution >= 4 is 12.2 Å². The molecule has 0 aliphatic rings. The number of hydrogen-bond acceptors (Lipinski definition) is 0. The molecule has 0 spiro atoms. The van der Waals surface area contributed by atoms with E-state index in [1.165, 1.54) is 0 Å². The van der Waals surface area contributed by atoms with Crippen LogP contribution in [0.15, 0.2) is 37.4 Å². The van der Waals surface area contributed by atoms with Gasteiger partial charge in [-0.15, -0.1) is 0 Å². The molecule has 0 amide bonds. The van der Waals surface area contributed by atoms with Gasteiger partial charge in [-0.2, -0.15) is 0 Å². The van der Waals surface area contributed by atoms with Crippen molar-refractivity contribution in [3.63, 3.8) is 0 Å². The largest absolute Gasteiger partial charge is 1.00 e.